The molecule has 0 fully saturated rings. The zero-order valence-electron chi connectivity index (χ0n) is 10.1. The van der Waals surface area contributed by atoms with Crippen molar-refractivity contribution in [3.8, 4) is 11.5 Å². The van der Waals surface area contributed by atoms with Crippen molar-refractivity contribution in [2.24, 2.45) is 0 Å². The second-order valence-electron chi connectivity index (χ2n) is 3.95. The van der Waals surface area contributed by atoms with Crippen molar-refractivity contribution in [1.29, 1.82) is 0 Å². The second-order valence-corrected chi connectivity index (χ2v) is 4.85. The largest absolute Gasteiger partial charge is 0.372 e. The van der Waals surface area contributed by atoms with E-state index in [1.54, 1.807) is 17.5 Å². The molecule has 0 saturated carbocycles. The van der Waals surface area contributed by atoms with E-state index in [1.807, 2.05) is 37.6 Å². The van der Waals surface area contributed by atoms with Crippen LogP contribution in [0.5, 0.6) is 0 Å². The minimum Gasteiger partial charge on any atom is -0.372 e. The molecule has 3 rings (SSSR count). The molecule has 1 N–H and O–H groups in total. The van der Waals surface area contributed by atoms with E-state index in [-0.39, 0.29) is 0 Å². The molecule has 0 aliphatic carbocycles. The first-order valence-electron chi connectivity index (χ1n) is 5.64. The lowest BCUT2D eigenvalue weighted by atomic mass is 10.2. The van der Waals surface area contributed by atoms with E-state index >= 15 is 0 Å². The second kappa shape index (κ2) is 4.34. The van der Waals surface area contributed by atoms with E-state index in [2.05, 4.69) is 20.3 Å². The number of fused-ring (bicyclic) bond motifs is 1. The Balaban J connectivity index is 2.27. The molecule has 3 heterocycles. The average molecular weight is 256 g/mol. The maximum atomic E-state index is 4.58. The van der Waals surface area contributed by atoms with Crippen LogP contribution >= 0.6 is 11.3 Å². The van der Waals surface area contributed by atoms with Gasteiger partial charge in [0.05, 0.1) is 5.39 Å². The number of hydrogen-bond acceptors (Lipinski definition) is 5. The molecule has 0 radical (unpaired) electrons. The smallest absolute Gasteiger partial charge is 0.181 e. The van der Waals surface area contributed by atoms with Gasteiger partial charge in [0.15, 0.2) is 5.82 Å². The van der Waals surface area contributed by atoms with Gasteiger partial charge in [0.25, 0.3) is 0 Å². The normalized spacial score (nSPS) is 10.8. The van der Waals surface area contributed by atoms with Gasteiger partial charge in [0.1, 0.15) is 16.3 Å². The van der Waals surface area contributed by atoms with Crippen LogP contribution in [0.4, 0.5) is 5.82 Å². The lowest BCUT2D eigenvalue weighted by Gasteiger charge is -2.06. The van der Waals surface area contributed by atoms with E-state index in [4.69, 9.17) is 0 Å². The fraction of sp³-hybridized carbons (Fsp3) is 0.154. The van der Waals surface area contributed by atoms with Crippen molar-refractivity contribution in [2.45, 2.75) is 6.92 Å². The highest BCUT2D eigenvalue weighted by Gasteiger charge is 2.11. The molecule has 0 spiro atoms. The van der Waals surface area contributed by atoms with Crippen LogP contribution in [-0.2, 0) is 0 Å². The van der Waals surface area contributed by atoms with Gasteiger partial charge >= 0.3 is 0 Å². The highest BCUT2D eigenvalue weighted by molar-refractivity contribution is 7.16. The Morgan fingerprint density at radius 1 is 1.22 bits per heavy atom. The fourth-order valence-corrected chi connectivity index (χ4v) is 2.64. The summed E-state index contributed by atoms with van der Waals surface area (Å²) >= 11 is 1.61. The van der Waals surface area contributed by atoms with Crippen LogP contribution in [0.25, 0.3) is 21.7 Å². The van der Waals surface area contributed by atoms with E-state index < -0.39 is 0 Å². The molecule has 3 aromatic heterocycles. The number of thiophene rings is 1. The minimum absolute atomic E-state index is 0.674. The SMILES string of the molecule is CNc1nc(-c2ncccc2C)nc2sccc12. The first-order valence-corrected chi connectivity index (χ1v) is 6.52. The summed E-state index contributed by atoms with van der Waals surface area (Å²) in [6.07, 6.45) is 1.77. The number of anilines is 1. The van der Waals surface area contributed by atoms with Crippen LogP contribution in [0.3, 0.4) is 0 Å². The summed E-state index contributed by atoms with van der Waals surface area (Å²) in [5, 5.41) is 6.19. The molecule has 5 heteroatoms. The first-order chi connectivity index (χ1) is 8.79. The van der Waals surface area contributed by atoms with Crippen molar-refractivity contribution >= 4 is 27.4 Å². The van der Waals surface area contributed by atoms with Crippen molar-refractivity contribution in [1.82, 2.24) is 15.0 Å². The van der Waals surface area contributed by atoms with Crippen LogP contribution < -0.4 is 5.32 Å². The van der Waals surface area contributed by atoms with Gasteiger partial charge in [0, 0.05) is 13.2 Å². The zero-order valence-corrected chi connectivity index (χ0v) is 11.0. The molecule has 0 aromatic carbocycles. The molecule has 4 nitrogen and oxygen atoms in total. The molecule has 0 amide bonds. The van der Waals surface area contributed by atoms with Gasteiger partial charge in [-0.1, -0.05) is 6.07 Å². The predicted octanol–water partition coefficient (Wildman–Crippen LogP) is 3.10. The molecule has 0 aliphatic rings. The summed E-state index contributed by atoms with van der Waals surface area (Å²) in [6.45, 7) is 2.02. The maximum absolute atomic E-state index is 4.58. The molecule has 0 saturated heterocycles. The molecule has 0 aliphatic heterocycles. The topological polar surface area (TPSA) is 50.7 Å². The van der Waals surface area contributed by atoms with Crippen molar-refractivity contribution in [2.75, 3.05) is 12.4 Å². The van der Waals surface area contributed by atoms with Crippen molar-refractivity contribution in [3.63, 3.8) is 0 Å². The Bertz CT molecular complexity index is 705. The third-order valence-electron chi connectivity index (χ3n) is 2.78. The van der Waals surface area contributed by atoms with E-state index in [1.165, 1.54) is 0 Å². The van der Waals surface area contributed by atoms with E-state index in [0.717, 1.165) is 27.3 Å². The minimum atomic E-state index is 0.674. The molecule has 3 aromatic rings. The zero-order chi connectivity index (χ0) is 12.5. The number of pyridine rings is 1. The number of nitrogens with zero attached hydrogens (tertiary/aromatic N) is 3. The predicted molar refractivity (Wildman–Crippen MR) is 74.9 cm³/mol. The third kappa shape index (κ3) is 1.73. The summed E-state index contributed by atoms with van der Waals surface area (Å²) in [6, 6.07) is 5.96. The van der Waals surface area contributed by atoms with Crippen molar-refractivity contribution < 1.29 is 0 Å². The lowest BCUT2D eigenvalue weighted by molar-refractivity contribution is 1.16. The highest BCUT2D eigenvalue weighted by atomic mass is 32.1. The van der Waals surface area contributed by atoms with Gasteiger partial charge in [0.2, 0.25) is 0 Å². The number of nitrogens with one attached hydrogen (secondary N) is 1. The van der Waals surface area contributed by atoms with Gasteiger partial charge < -0.3 is 5.32 Å². The number of aryl methyl sites for hydroxylation is 1. The lowest BCUT2D eigenvalue weighted by Crippen LogP contribution is -1.99. The van der Waals surface area contributed by atoms with Gasteiger partial charge in [-0.25, -0.2) is 9.97 Å². The molecular weight excluding hydrogens is 244 g/mol. The molecule has 90 valence electrons. The Kier molecular flexibility index (Phi) is 2.68. The number of hydrogen-bond donors (Lipinski definition) is 1. The van der Waals surface area contributed by atoms with Crippen LogP contribution in [0.1, 0.15) is 5.56 Å². The quantitative estimate of drug-likeness (QED) is 0.765. The maximum Gasteiger partial charge on any atom is 0.181 e. The van der Waals surface area contributed by atoms with Crippen molar-refractivity contribution in [3.05, 3.63) is 35.3 Å². The summed E-state index contributed by atoms with van der Waals surface area (Å²) in [7, 11) is 1.87. The molecule has 0 atom stereocenters. The van der Waals surface area contributed by atoms with E-state index in [9.17, 15) is 0 Å². The van der Waals surface area contributed by atoms with E-state index in [0.29, 0.717) is 5.82 Å². The Hall–Kier alpha value is -2.01. The van der Waals surface area contributed by atoms with Crippen LogP contribution in [0.15, 0.2) is 29.8 Å². The van der Waals surface area contributed by atoms with Gasteiger partial charge in [-0.05, 0) is 30.0 Å². The van der Waals surface area contributed by atoms with Gasteiger partial charge in [-0.15, -0.1) is 11.3 Å². The summed E-state index contributed by atoms with van der Waals surface area (Å²) in [5.41, 5.74) is 1.92. The molecular formula is C13H12N4S. The Morgan fingerprint density at radius 2 is 2.11 bits per heavy atom. The standard InChI is InChI=1S/C13H12N4S/c1-8-4-3-6-15-10(8)12-16-11(14-2)9-5-7-18-13(9)17-12/h3-7H,1-2H3,(H,14,16,17). The fourth-order valence-electron chi connectivity index (χ4n) is 1.87. The molecule has 0 unspecified atom stereocenters. The number of rotatable bonds is 2. The monoisotopic (exact) mass is 256 g/mol. The average Bonchev–Trinajstić information content (AvgIpc) is 2.86. The summed E-state index contributed by atoms with van der Waals surface area (Å²) in [4.78, 5) is 14.5. The number of aromatic nitrogens is 3. The third-order valence-corrected chi connectivity index (χ3v) is 3.59. The van der Waals surface area contributed by atoms with Crippen LogP contribution in [0, 0.1) is 6.92 Å². The summed E-state index contributed by atoms with van der Waals surface area (Å²) < 4.78 is 0. The van der Waals surface area contributed by atoms with Gasteiger partial charge in [-0.3, -0.25) is 4.98 Å². The highest BCUT2D eigenvalue weighted by Crippen LogP contribution is 2.28. The molecule has 0 bridgehead atoms. The Labute approximate surface area is 109 Å². The summed E-state index contributed by atoms with van der Waals surface area (Å²) in [5.74, 6) is 1.52. The van der Waals surface area contributed by atoms with Crippen LogP contribution in [0.2, 0.25) is 0 Å². The van der Waals surface area contributed by atoms with Gasteiger partial charge in [-0.2, -0.15) is 0 Å². The molecule has 18 heavy (non-hydrogen) atoms. The first kappa shape index (κ1) is 11.1. The van der Waals surface area contributed by atoms with Crippen LogP contribution in [-0.4, -0.2) is 22.0 Å². The Morgan fingerprint density at radius 3 is 2.89 bits per heavy atom.